The Morgan fingerprint density at radius 1 is 1.12 bits per heavy atom. The van der Waals surface area contributed by atoms with Crippen LogP contribution in [0.2, 0.25) is 0 Å². The highest BCUT2D eigenvalue weighted by Gasteiger charge is 2.44. The van der Waals surface area contributed by atoms with Crippen LogP contribution in [0.4, 0.5) is 14.9 Å². The Balaban J connectivity index is 1.34. The molecule has 11 heteroatoms. The minimum Gasteiger partial charge on any atom is -0.453 e. The van der Waals surface area contributed by atoms with Crippen molar-refractivity contribution < 1.29 is 28.2 Å². The Morgan fingerprint density at radius 2 is 1.91 bits per heavy atom. The number of hydrogen-bond donors (Lipinski definition) is 1. The van der Waals surface area contributed by atoms with E-state index >= 15 is 0 Å². The van der Waals surface area contributed by atoms with Gasteiger partial charge in [0.1, 0.15) is 11.4 Å². The van der Waals surface area contributed by atoms with Crippen molar-refractivity contribution in [3.63, 3.8) is 0 Å². The number of anilines is 1. The van der Waals surface area contributed by atoms with E-state index in [1.54, 1.807) is 30.3 Å². The van der Waals surface area contributed by atoms with Gasteiger partial charge in [0.05, 0.1) is 39.6 Å². The lowest BCUT2D eigenvalue weighted by Gasteiger charge is -2.27. The van der Waals surface area contributed by atoms with Crippen LogP contribution in [0, 0.1) is 11.2 Å². The second-order valence-corrected chi connectivity index (χ2v) is 12.9. The molecule has 1 saturated carbocycles. The summed E-state index contributed by atoms with van der Waals surface area (Å²) < 4.78 is 32.5. The second kappa shape index (κ2) is 12.3. The van der Waals surface area contributed by atoms with E-state index in [0.717, 1.165) is 22.4 Å². The first-order valence-corrected chi connectivity index (χ1v) is 14.9. The lowest BCUT2D eigenvalue weighted by Crippen LogP contribution is -2.38. The average Bonchev–Trinajstić information content (AvgIpc) is 3.55. The van der Waals surface area contributed by atoms with Gasteiger partial charge in [-0.15, -0.1) is 11.3 Å². The maximum Gasteiger partial charge on any atom is 0.410 e. The second-order valence-electron chi connectivity index (χ2n) is 11.8. The maximum absolute atomic E-state index is 15.0. The van der Waals surface area contributed by atoms with Crippen LogP contribution in [0.1, 0.15) is 46.2 Å². The Kier molecular flexibility index (Phi) is 8.66. The number of carbonyl (C=O) groups excluding carboxylic acids is 2. The number of fused-ring (bicyclic) bond motifs is 1. The molecule has 4 aromatic rings. The van der Waals surface area contributed by atoms with Gasteiger partial charge in [0.15, 0.2) is 11.6 Å². The number of nitrogens with zero attached hydrogens (tertiary/aromatic N) is 3. The van der Waals surface area contributed by atoms with Crippen molar-refractivity contribution in [1.82, 2.24) is 14.9 Å². The Hall–Kier alpha value is -4.09. The van der Waals surface area contributed by atoms with E-state index in [0.29, 0.717) is 41.5 Å². The lowest BCUT2D eigenvalue weighted by molar-refractivity contribution is -0.120. The first-order valence-electron chi connectivity index (χ1n) is 14.0. The molecule has 2 amide bonds. The number of pyridine rings is 2. The standard InChI is InChI=1S/C32H35FN4O5S/c1-31(2,3)42-30(39)37(15-16-40-5)19-21-7-6-8-23(35-21)27-18-24-28(43-27)26(11-14-34-24)41-25-10-9-20(17-22(25)33)36-29(38)32(4)12-13-32/h6-11,14,17-18H,12-13,15-16,19H2,1-5H3,(H,36,38). The predicted molar refractivity (Wildman–Crippen MR) is 164 cm³/mol. The van der Waals surface area contributed by atoms with E-state index in [1.807, 2.05) is 52.0 Å². The summed E-state index contributed by atoms with van der Waals surface area (Å²) in [5.41, 5.74) is 1.48. The molecule has 1 aromatic carbocycles. The summed E-state index contributed by atoms with van der Waals surface area (Å²) in [5.74, 6) is -0.198. The molecule has 3 aromatic heterocycles. The molecule has 1 aliphatic rings. The van der Waals surface area contributed by atoms with Crippen LogP contribution < -0.4 is 10.1 Å². The maximum atomic E-state index is 15.0. The summed E-state index contributed by atoms with van der Waals surface area (Å²) in [6.07, 6.45) is 2.84. The van der Waals surface area contributed by atoms with E-state index in [1.165, 1.54) is 23.5 Å². The van der Waals surface area contributed by atoms with Crippen molar-refractivity contribution in [1.29, 1.82) is 0 Å². The van der Waals surface area contributed by atoms with Crippen LogP contribution in [0.25, 0.3) is 20.8 Å². The third kappa shape index (κ3) is 7.47. The molecule has 5 rings (SSSR count). The van der Waals surface area contributed by atoms with E-state index in [-0.39, 0.29) is 23.6 Å². The number of hydrogen-bond acceptors (Lipinski definition) is 8. The molecule has 0 atom stereocenters. The van der Waals surface area contributed by atoms with E-state index in [2.05, 4.69) is 10.3 Å². The molecule has 1 fully saturated rings. The van der Waals surface area contributed by atoms with Gasteiger partial charge in [0, 0.05) is 43.1 Å². The zero-order valence-electron chi connectivity index (χ0n) is 24.9. The van der Waals surface area contributed by atoms with Gasteiger partial charge in [-0.2, -0.15) is 0 Å². The number of ether oxygens (including phenoxy) is 3. The smallest absolute Gasteiger partial charge is 0.410 e. The van der Waals surface area contributed by atoms with E-state index in [9.17, 15) is 14.0 Å². The van der Waals surface area contributed by atoms with Crippen LogP contribution in [-0.2, 0) is 20.8 Å². The van der Waals surface area contributed by atoms with Crippen molar-refractivity contribution in [2.24, 2.45) is 5.41 Å². The van der Waals surface area contributed by atoms with Gasteiger partial charge in [-0.25, -0.2) is 9.18 Å². The van der Waals surface area contributed by atoms with Gasteiger partial charge in [0.2, 0.25) is 5.91 Å². The molecule has 9 nitrogen and oxygen atoms in total. The molecule has 0 radical (unpaired) electrons. The summed E-state index contributed by atoms with van der Waals surface area (Å²) in [4.78, 5) is 36.8. The predicted octanol–water partition coefficient (Wildman–Crippen LogP) is 7.41. The van der Waals surface area contributed by atoms with Gasteiger partial charge in [-0.3, -0.25) is 19.7 Å². The highest BCUT2D eigenvalue weighted by atomic mass is 32.1. The molecular formula is C32H35FN4O5S. The third-order valence-corrected chi connectivity index (χ3v) is 8.12. The number of nitrogens with one attached hydrogen (secondary N) is 1. The SMILES string of the molecule is COCCN(Cc1cccc(-c2cc3nccc(Oc4ccc(NC(=O)C5(C)CC5)cc4F)c3s2)n1)C(=O)OC(C)(C)C. The van der Waals surface area contributed by atoms with Crippen LogP contribution in [-0.4, -0.2) is 52.7 Å². The summed E-state index contributed by atoms with van der Waals surface area (Å²) >= 11 is 1.42. The number of thiophene rings is 1. The molecule has 0 aliphatic heterocycles. The summed E-state index contributed by atoms with van der Waals surface area (Å²) in [6, 6.07) is 13.6. The van der Waals surface area contributed by atoms with E-state index in [4.69, 9.17) is 19.2 Å². The molecule has 0 unspecified atom stereocenters. The lowest BCUT2D eigenvalue weighted by atomic mass is 10.1. The third-order valence-electron chi connectivity index (χ3n) is 6.96. The summed E-state index contributed by atoms with van der Waals surface area (Å²) in [7, 11) is 1.58. The fraction of sp³-hybridized carbons (Fsp3) is 0.375. The molecule has 3 heterocycles. The molecule has 226 valence electrons. The van der Waals surface area contributed by atoms with Crippen LogP contribution in [0.15, 0.2) is 54.7 Å². The largest absolute Gasteiger partial charge is 0.453 e. The number of aromatic nitrogens is 2. The fourth-order valence-corrected chi connectivity index (χ4v) is 5.30. The molecule has 43 heavy (non-hydrogen) atoms. The number of benzene rings is 1. The number of carbonyl (C=O) groups is 2. The summed E-state index contributed by atoms with van der Waals surface area (Å²) in [5, 5.41) is 2.79. The first kappa shape index (κ1) is 30.4. The normalized spacial score (nSPS) is 13.9. The van der Waals surface area contributed by atoms with Gasteiger partial charge in [-0.1, -0.05) is 13.0 Å². The average molecular weight is 607 g/mol. The first-order chi connectivity index (χ1) is 20.4. The van der Waals surface area contributed by atoms with Crippen molar-refractivity contribution >= 4 is 39.2 Å². The Morgan fingerprint density at radius 3 is 2.60 bits per heavy atom. The monoisotopic (exact) mass is 606 g/mol. The Bertz CT molecular complexity index is 1650. The Labute approximate surface area is 254 Å². The number of rotatable bonds is 10. The molecule has 0 saturated heterocycles. The van der Waals surface area contributed by atoms with Gasteiger partial charge < -0.3 is 19.5 Å². The minimum absolute atomic E-state index is 0.0384. The molecule has 0 bridgehead atoms. The van der Waals surface area contributed by atoms with Crippen molar-refractivity contribution in [2.75, 3.05) is 25.6 Å². The highest BCUT2D eigenvalue weighted by molar-refractivity contribution is 7.22. The van der Waals surface area contributed by atoms with Gasteiger partial charge >= 0.3 is 6.09 Å². The number of amides is 2. The van der Waals surface area contributed by atoms with Crippen molar-refractivity contribution in [3.8, 4) is 22.1 Å². The topological polar surface area (TPSA) is 103 Å². The van der Waals surface area contributed by atoms with Crippen LogP contribution in [0.3, 0.4) is 0 Å². The van der Waals surface area contributed by atoms with E-state index < -0.39 is 17.5 Å². The van der Waals surface area contributed by atoms with Crippen molar-refractivity contribution in [2.45, 2.75) is 52.7 Å². The van der Waals surface area contributed by atoms with Crippen LogP contribution in [0.5, 0.6) is 11.5 Å². The summed E-state index contributed by atoms with van der Waals surface area (Å²) in [6.45, 7) is 8.34. The van der Waals surface area contributed by atoms with Gasteiger partial charge in [0.25, 0.3) is 0 Å². The molecule has 1 N–H and O–H groups in total. The number of methoxy groups -OCH3 is 1. The zero-order chi connectivity index (χ0) is 30.8. The molecular weight excluding hydrogens is 571 g/mol. The highest BCUT2D eigenvalue weighted by Crippen LogP contribution is 2.46. The van der Waals surface area contributed by atoms with Gasteiger partial charge in [-0.05, 0) is 63.9 Å². The molecule has 0 spiro atoms. The van der Waals surface area contributed by atoms with Crippen molar-refractivity contribution in [3.05, 3.63) is 66.2 Å². The minimum atomic E-state index is -0.628. The fourth-order valence-electron chi connectivity index (χ4n) is 4.26. The van der Waals surface area contributed by atoms with Crippen LogP contribution >= 0.6 is 11.3 Å². The quantitative estimate of drug-likeness (QED) is 0.200. The zero-order valence-corrected chi connectivity index (χ0v) is 25.7. The molecule has 1 aliphatic carbocycles. The number of halogens is 1.